The van der Waals surface area contributed by atoms with Crippen molar-refractivity contribution in [2.24, 2.45) is 0 Å². The lowest BCUT2D eigenvalue weighted by Gasteiger charge is -2.19. The van der Waals surface area contributed by atoms with Crippen molar-refractivity contribution in [3.8, 4) is 5.75 Å². The van der Waals surface area contributed by atoms with Gasteiger partial charge in [-0.3, -0.25) is 0 Å². The molecule has 0 unspecified atom stereocenters. The summed E-state index contributed by atoms with van der Waals surface area (Å²) in [5.74, 6) is 0.283. The molecule has 0 amide bonds. The number of hydrogen-bond acceptors (Lipinski definition) is 3. The standard InChI is InChI=1S/C13H16N2O/c1-8-5-9-10(6-11(8)16)14-7-15-12(9)13(2,3)4/h5-7,16H,1-4H3. The van der Waals surface area contributed by atoms with Crippen molar-refractivity contribution in [3.05, 3.63) is 29.7 Å². The van der Waals surface area contributed by atoms with Crippen molar-refractivity contribution in [3.63, 3.8) is 0 Å². The first-order chi connectivity index (χ1) is 7.39. The van der Waals surface area contributed by atoms with Gasteiger partial charge in [0.1, 0.15) is 12.1 Å². The summed E-state index contributed by atoms with van der Waals surface area (Å²) in [5.41, 5.74) is 2.64. The largest absolute Gasteiger partial charge is 0.508 e. The molecule has 0 saturated heterocycles. The third-order valence-corrected chi connectivity index (χ3v) is 2.66. The number of fused-ring (bicyclic) bond motifs is 1. The van der Waals surface area contributed by atoms with Crippen LogP contribution in [-0.4, -0.2) is 15.1 Å². The number of phenols is 1. The van der Waals surface area contributed by atoms with Crippen LogP contribution >= 0.6 is 0 Å². The first kappa shape index (κ1) is 10.9. The van der Waals surface area contributed by atoms with E-state index in [0.717, 1.165) is 22.2 Å². The lowest BCUT2D eigenvalue weighted by Crippen LogP contribution is -2.14. The molecule has 0 fully saturated rings. The number of rotatable bonds is 0. The van der Waals surface area contributed by atoms with Crippen LogP contribution < -0.4 is 0 Å². The molecular weight excluding hydrogens is 200 g/mol. The van der Waals surface area contributed by atoms with Crippen molar-refractivity contribution in [1.82, 2.24) is 9.97 Å². The van der Waals surface area contributed by atoms with Gasteiger partial charge in [0, 0.05) is 16.9 Å². The molecule has 0 aliphatic rings. The highest BCUT2D eigenvalue weighted by atomic mass is 16.3. The van der Waals surface area contributed by atoms with E-state index in [4.69, 9.17) is 0 Å². The van der Waals surface area contributed by atoms with Crippen LogP contribution in [0.15, 0.2) is 18.5 Å². The maximum Gasteiger partial charge on any atom is 0.120 e. The molecule has 0 aliphatic carbocycles. The quantitative estimate of drug-likeness (QED) is 0.736. The Morgan fingerprint density at radius 1 is 1.12 bits per heavy atom. The molecule has 0 atom stereocenters. The van der Waals surface area contributed by atoms with E-state index < -0.39 is 0 Å². The van der Waals surface area contributed by atoms with Crippen molar-refractivity contribution >= 4 is 10.9 Å². The Balaban J connectivity index is 2.82. The van der Waals surface area contributed by atoms with E-state index >= 15 is 0 Å². The molecule has 1 N–H and O–H groups in total. The zero-order valence-electron chi connectivity index (χ0n) is 10.1. The number of nitrogens with zero attached hydrogens (tertiary/aromatic N) is 2. The van der Waals surface area contributed by atoms with Crippen LogP contribution in [0.1, 0.15) is 32.0 Å². The minimum atomic E-state index is -0.0232. The summed E-state index contributed by atoms with van der Waals surface area (Å²) in [5, 5.41) is 10.7. The second kappa shape index (κ2) is 3.44. The molecule has 0 saturated carbocycles. The van der Waals surface area contributed by atoms with E-state index in [-0.39, 0.29) is 11.2 Å². The third kappa shape index (κ3) is 1.73. The van der Waals surface area contributed by atoms with Gasteiger partial charge in [-0.1, -0.05) is 20.8 Å². The summed E-state index contributed by atoms with van der Waals surface area (Å²) < 4.78 is 0. The topological polar surface area (TPSA) is 46.0 Å². The summed E-state index contributed by atoms with van der Waals surface area (Å²) in [6.45, 7) is 8.25. The first-order valence-electron chi connectivity index (χ1n) is 5.34. The fraction of sp³-hybridized carbons (Fsp3) is 0.385. The van der Waals surface area contributed by atoms with Crippen molar-refractivity contribution in [2.75, 3.05) is 0 Å². The SMILES string of the molecule is Cc1cc2c(C(C)(C)C)ncnc2cc1O. The Labute approximate surface area is 95.2 Å². The number of phenolic OH excluding ortho intramolecular Hbond substituents is 1. The molecule has 2 rings (SSSR count). The molecule has 2 aromatic rings. The number of aromatic hydroxyl groups is 1. The minimum absolute atomic E-state index is 0.0232. The average Bonchev–Trinajstić information content (AvgIpc) is 2.17. The summed E-state index contributed by atoms with van der Waals surface area (Å²) in [4.78, 5) is 8.54. The molecule has 0 bridgehead atoms. The Kier molecular flexibility index (Phi) is 2.34. The number of aryl methyl sites for hydroxylation is 1. The average molecular weight is 216 g/mol. The van der Waals surface area contributed by atoms with E-state index in [1.54, 1.807) is 12.4 Å². The van der Waals surface area contributed by atoms with Gasteiger partial charge < -0.3 is 5.11 Å². The second-order valence-electron chi connectivity index (χ2n) is 5.13. The van der Waals surface area contributed by atoms with Crippen LogP contribution in [0.5, 0.6) is 5.75 Å². The lowest BCUT2D eigenvalue weighted by atomic mass is 9.89. The number of aromatic nitrogens is 2. The zero-order valence-corrected chi connectivity index (χ0v) is 10.1. The van der Waals surface area contributed by atoms with Crippen LogP contribution in [0.2, 0.25) is 0 Å². The van der Waals surface area contributed by atoms with Crippen LogP contribution in [0.3, 0.4) is 0 Å². The summed E-state index contributed by atoms with van der Waals surface area (Å²) in [6.07, 6.45) is 1.55. The van der Waals surface area contributed by atoms with Gasteiger partial charge in [-0.05, 0) is 18.6 Å². The van der Waals surface area contributed by atoms with Gasteiger partial charge in [0.2, 0.25) is 0 Å². The van der Waals surface area contributed by atoms with Crippen molar-refractivity contribution < 1.29 is 5.11 Å². The molecule has 0 radical (unpaired) electrons. The van der Waals surface area contributed by atoms with Crippen LogP contribution in [0.25, 0.3) is 10.9 Å². The lowest BCUT2D eigenvalue weighted by molar-refractivity contribution is 0.471. The van der Waals surface area contributed by atoms with E-state index in [0.29, 0.717) is 0 Å². The van der Waals surface area contributed by atoms with Gasteiger partial charge in [0.25, 0.3) is 0 Å². The van der Waals surface area contributed by atoms with Gasteiger partial charge in [-0.15, -0.1) is 0 Å². The molecule has 16 heavy (non-hydrogen) atoms. The fourth-order valence-corrected chi connectivity index (χ4v) is 1.80. The van der Waals surface area contributed by atoms with Gasteiger partial charge in [-0.2, -0.15) is 0 Å². The smallest absolute Gasteiger partial charge is 0.120 e. The monoisotopic (exact) mass is 216 g/mol. The van der Waals surface area contributed by atoms with E-state index in [2.05, 4.69) is 30.7 Å². The summed E-state index contributed by atoms with van der Waals surface area (Å²) in [7, 11) is 0. The highest BCUT2D eigenvalue weighted by Gasteiger charge is 2.19. The van der Waals surface area contributed by atoms with Gasteiger partial charge in [0.15, 0.2) is 0 Å². The van der Waals surface area contributed by atoms with E-state index in [1.807, 2.05) is 13.0 Å². The normalized spacial score (nSPS) is 12.0. The number of hydrogen-bond donors (Lipinski definition) is 1. The van der Waals surface area contributed by atoms with Crippen molar-refractivity contribution in [1.29, 1.82) is 0 Å². The van der Waals surface area contributed by atoms with Crippen LogP contribution in [0.4, 0.5) is 0 Å². The maximum absolute atomic E-state index is 9.65. The van der Waals surface area contributed by atoms with Crippen LogP contribution in [-0.2, 0) is 5.41 Å². The van der Waals surface area contributed by atoms with E-state index in [1.165, 1.54) is 0 Å². The predicted molar refractivity (Wildman–Crippen MR) is 64.6 cm³/mol. The van der Waals surface area contributed by atoms with Crippen LogP contribution in [0, 0.1) is 6.92 Å². The Hall–Kier alpha value is -1.64. The van der Waals surface area contributed by atoms with Gasteiger partial charge in [0.05, 0.1) is 11.2 Å². The number of benzene rings is 1. The minimum Gasteiger partial charge on any atom is -0.508 e. The van der Waals surface area contributed by atoms with E-state index in [9.17, 15) is 5.11 Å². The predicted octanol–water partition coefficient (Wildman–Crippen LogP) is 2.94. The maximum atomic E-state index is 9.65. The summed E-state index contributed by atoms with van der Waals surface area (Å²) >= 11 is 0. The molecule has 0 aliphatic heterocycles. The van der Waals surface area contributed by atoms with Crippen molar-refractivity contribution in [2.45, 2.75) is 33.1 Å². The molecule has 1 heterocycles. The zero-order chi connectivity index (χ0) is 11.9. The Bertz CT molecular complexity index is 541. The first-order valence-corrected chi connectivity index (χ1v) is 5.34. The van der Waals surface area contributed by atoms with Gasteiger partial charge in [-0.25, -0.2) is 9.97 Å². The second-order valence-corrected chi connectivity index (χ2v) is 5.13. The Morgan fingerprint density at radius 2 is 1.81 bits per heavy atom. The van der Waals surface area contributed by atoms with Gasteiger partial charge >= 0.3 is 0 Å². The third-order valence-electron chi connectivity index (χ3n) is 2.66. The molecule has 1 aromatic heterocycles. The fourth-order valence-electron chi connectivity index (χ4n) is 1.80. The highest BCUT2D eigenvalue weighted by Crippen LogP contribution is 2.30. The molecule has 84 valence electrons. The molecule has 1 aromatic carbocycles. The highest BCUT2D eigenvalue weighted by molar-refractivity contribution is 5.84. The molecular formula is C13H16N2O. The Morgan fingerprint density at radius 3 is 2.44 bits per heavy atom. The molecule has 3 heteroatoms. The summed E-state index contributed by atoms with van der Waals surface area (Å²) in [6, 6.07) is 3.65. The molecule has 0 spiro atoms. The molecule has 3 nitrogen and oxygen atoms in total.